The Labute approximate surface area is 862 Å². The zero-order valence-electron chi connectivity index (χ0n) is 89.5. The molecule has 12 saturated carbocycles. The Morgan fingerprint density at radius 3 is 1.25 bits per heavy atom. The van der Waals surface area contributed by atoms with Gasteiger partial charge >= 0.3 is 0 Å². The lowest BCUT2D eigenvalue weighted by Gasteiger charge is -2.75. The Hall–Kier alpha value is -7.27. The number of phenolic OH excluding ortho intramolecular Hbond substituents is 5. The third-order valence-corrected chi connectivity index (χ3v) is 48.1. The molecule has 35 rings (SSSR count). The van der Waals surface area contributed by atoms with Crippen molar-refractivity contribution in [3.05, 3.63) is 141 Å². The van der Waals surface area contributed by atoms with Gasteiger partial charge < -0.3 is 103 Å². The number of ketones is 1. The third kappa shape index (κ3) is 11.4. The average Bonchev–Trinajstić information content (AvgIpc) is 1.41. The summed E-state index contributed by atoms with van der Waals surface area (Å²) in [5.74, 6) is 6.52. The molecule has 10 heterocycles. The van der Waals surface area contributed by atoms with Gasteiger partial charge in [0, 0.05) is 167 Å². The molecule has 24 heteroatoms. The van der Waals surface area contributed by atoms with Crippen LogP contribution in [-0.2, 0) is 82.9 Å². The summed E-state index contributed by atoms with van der Waals surface area (Å²) in [7, 11) is 13.9. The first kappa shape index (κ1) is 97.0. The first-order valence-electron chi connectivity index (χ1n) is 56.7. The van der Waals surface area contributed by atoms with Gasteiger partial charge in [0.1, 0.15) is 46.8 Å². The fraction of sp³-hybridized carbons (Fsp3) is 0.713. The lowest BCUT2D eigenvalue weighted by atomic mass is 9.33. The van der Waals surface area contributed by atoms with E-state index in [1.807, 2.05) is 80.2 Å². The zero-order valence-corrected chi connectivity index (χ0v) is 89.5. The van der Waals surface area contributed by atoms with Crippen molar-refractivity contribution in [2.45, 2.75) is 382 Å². The quantitative estimate of drug-likeness (QED) is 0.0415. The summed E-state index contributed by atoms with van der Waals surface area (Å²) in [5.41, 5.74) is 5.94. The van der Waals surface area contributed by atoms with Crippen molar-refractivity contribution in [1.82, 2.24) is 24.5 Å². The van der Waals surface area contributed by atoms with Crippen molar-refractivity contribution in [1.29, 1.82) is 0 Å². The summed E-state index contributed by atoms with van der Waals surface area (Å²) in [6.07, 6.45) is 36.0. The van der Waals surface area contributed by atoms with Crippen molar-refractivity contribution in [2.24, 2.45) is 68.5 Å². The van der Waals surface area contributed by atoms with Crippen LogP contribution in [0.3, 0.4) is 0 Å². The Balaban J connectivity index is 0.0000000911. The first-order chi connectivity index (χ1) is 69.5. The van der Waals surface area contributed by atoms with Crippen molar-refractivity contribution in [3.8, 4) is 57.5 Å². The van der Waals surface area contributed by atoms with Crippen LogP contribution in [0.2, 0.25) is 0 Å². The van der Waals surface area contributed by atoms with E-state index in [0.29, 0.717) is 64.9 Å². The van der Waals surface area contributed by atoms with Gasteiger partial charge in [-0.15, -0.1) is 0 Å². The summed E-state index contributed by atoms with van der Waals surface area (Å²) in [5, 5.41) is 100. The predicted octanol–water partition coefficient (Wildman–Crippen LogP) is 15.8. The fourth-order valence-corrected chi connectivity index (χ4v) is 41.4. The van der Waals surface area contributed by atoms with E-state index in [2.05, 4.69) is 123 Å². The minimum atomic E-state index is -0.909. The predicted molar refractivity (Wildman–Crippen MR) is 551 cm³/mol. The number of carbonyl (C=O) groups excluding carboxylic acids is 1. The number of carbonyl (C=O) groups is 1. The lowest BCUT2D eigenvalue weighted by molar-refractivity contribution is -0.312. The van der Waals surface area contributed by atoms with Gasteiger partial charge in [-0.05, 0) is 337 Å². The van der Waals surface area contributed by atoms with E-state index in [-0.39, 0.29) is 137 Å². The van der Waals surface area contributed by atoms with Gasteiger partial charge in [-0.25, -0.2) is 0 Å². The molecule has 2 unspecified atom stereocenters. The number of aromatic hydroxyl groups is 5. The number of piperidine rings is 5. The molecule has 9 N–H and O–H groups in total. The maximum Gasteiger partial charge on any atom is 0.196 e. The highest BCUT2D eigenvalue weighted by molar-refractivity contribution is 5.98. The Bertz CT molecular complexity index is 6320. The smallest absolute Gasteiger partial charge is 0.196 e. The number of likely N-dealkylation sites (N-methyl/N-ethyl adjacent to an activating group) is 3. The van der Waals surface area contributed by atoms with Gasteiger partial charge in [0.2, 0.25) is 0 Å². The summed E-state index contributed by atoms with van der Waals surface area (Å²) in [4.78, 5) is 25.5. The third-order valence-electron chi connectivity index (χ3n) is 48.1. The molecule has 30 aliphatic rings. The van der Waals surface area contributed by atoms with E-state index in [9.17, 15) is 50.8 Å². The van der Waals surface area contributed by atoms with Crippen LogP contribution in [0.15, 0.2) is 85.0 Å². The Morgan fingerprint density at radius 2 is 0.788 bits per heavy atom. The maximum atomic E-state index is 12.4. The van der Waals surface area contributed by atoms with E-state index >= 15 is 0 Å². The van der Waals surface area contributed by atoms with Gasteiger partial charge in [-0.1, -0.05) is 96.0 Å². The average molecular weight is 2000 g/mol. The maximum absolute atomic E-state index is 12.4. The number of hydrogen-bond acceptors (Lipinski definition) is 24. The topological polar surface area (TPSA) is 298 Å². The second-order valence-corrected chi connectivity index (χ2v) is 54.3. The number of phenols is 5. The molecule has 17 fully saturated rings. The highest BCUT2D eigenvalue weighted by Gasteiger charge is 2.88. The SMILES string of the molecule is CCCC(C)(O)[C@H]1C[C@@]23C=C[C@]1(OC)[C@@H]1Oc4c(O)ccc5c4[C@@]12CCN(C)[C@@H]3C5.CCC[C@@](C)(O)[C@H]1C[C@@]23CC[C@@]1(OC)[C@@H]1Oc4c(O)ccc5c4[C@@]12CCN(C)[C@@H]3C5.CN1CC[C@]23c4c5ccc(O)c4O[C@H]2C(=O)C=C[C@H]3[C@H]1C5.CO[C@]12CC[C@@]3(C[C@@H]1C(C)(C)O)C1Cc4ccc(O)c5c4[C@@]3(CCN1CC1CC1)[C@H]2O5.CO[C@]12CC[C@@]3(C[C@@H]1[C@](C)(O)C(C)(C)C)[C@H]1Cc4ccc(O)c5c4[C@@]3(CCN1CC1CC1)[C@H]2O5. The number of rotatable bonds is 16. The van der Waals surface area contributed by atoms with Crippen LogP contribution in [0.5, 0.6) is 57.5 Å². The molecule has 5 aromatic rings. The highest BCUT2D eigenvalue weighted by atomic mass is 16.6. The number of hydrogen-bond donors (Lipinski definition) is 9. The molecular weight excluding hydrogens is 1840 g/mol. The number of methoxy groups -OCH3 is 4. The van der Waals surface area contributed by atoms with Crippen LogP contribution in [0.25, 0.3) is 0 Å². The monoisotopic (exact) mass is 2000 g/mol. The molecule has 10 aliphatic heterocycles. The molecule has 9 spiro atoms. The molecule has 18 bridgehead atoms. The molecule has 0 amide bonds. The van der Waals surface area contributed by atoms with Crippen LogP contribution in [0, 0.1) is 68.5 Å². The summed E-state index contributed by atoms with van der Waals surface area (Å²) in [6.45, 7) is 28.3. The number of benzene rings is 5. The lowest BCUT2D eigenvalue weighted by Crippen LogP contribution is -2.83. The van der Waals surface area contributed by atoms with Gasteiger partial charge in [-0.3, -0.25) is 14.6 Å². The second-order valence-electron chi connectivity index (χ2n) is 54.3. The van der Waals surface area contributed by atoms with Crippen LogP contribution in [0.1, 0.15) is 273 Å². The number of aliphatic hydroxyl groups is 4. The number of ether oxygens (including phenoxy) is 9. The largest absolute Gasteiger partial charge is 0.504 e. The molecule has 5 aromatic carbocycles. The zero-order chi connectivity index (χ0) is 102. The summed E-state index contributed by atoms with van der Waals surface area (Å²) < 4.78 is 58.9. The summed E-state index contributed by atoms with van der Waals surface area (Å²) >= 11 is 0. The van der Waals surface area contributed by atoms with E-state index in [1.165, 1.54) is 88.8 Å². The van der Waals surface area contributed by atoms with Gasteiger partial charge in [0.05, 0.1) is 33.2 Å². The fourth-order valence-electron chi connectivity index (χ4n) is 41.4. The van der Waals surface area contributed by atoms with E-state index in [1.54, 1.807) is 25.3 Å². The molecular formula is C122H161N5O19. The second kappa shape index (κ2) is 31.1. The van der Waals surface area contributed by atoms with E-state index in [0.717, 1.165) is 204 Å². The van der Waals surface area contributed by atoms with Gasteiger partial charge in [0.15, 0.2) is 69.4 Å². The van der Waals surface area contributed by atoms with Crippen LogP contribution in [-0.4, -0.2) is 277 Å². The molecule has 0 aromatic heterocycles. The van der Waals surface area contributed by atoms with Crippen LogP contribution < -0.4 is 23.7 Å². The van der Waals surface area contributed by atoms with E-state index < -0.39 is 50.9 Å². The normalized spacial score (nSPS) is 43.8. The number of likely N-dealkylation sites (tertiary alicyclic amines) is 5. The van der Waals surface area contributed by atoms with Gasteiger partial charge in [-0.2, -0.15) is 0 Å². The molecule has 24 nitrogen and oxygen atoms in total. The first-order valence-corrected chi connectivity index (χ1v) is 56.7. The highest BCUT2D eigenvalue weighted by Crippen LogP contribution is 2.84. The van der Waals surface area contributed by atoms with Crippen molar-refractivity contribution >= 4 is 5.78 Å². The molecule has 146 heavy (non-hydrogen) atoms. The molecule has 788 valence electrons. The minimum absolute atomic E-state index is 0.0123. The van der Waals surface area contributed by atoms with Gasteiger partial charge in [0.25, 0.3) is 0 Å². The van der Waals surface area contributed by atoms with Crippen molar-refractivity contribution in [2.75, 3.05) is 95.4 Å². The Kier molecular flexibility index (Phi) is 20.7. The summed E-state index contributed by atoms with van der Waals surface area (Å²) in [6, 6.07) is 21.6. The standard InChI is InChI=1S/C29H41NO4.C26H35NO4.C25H35NO4.C25H33NO4.C17H17NO3/c1-25(2,3)26(4,32)20-15-27-10-11-29(20,33-5)24-28(27)12-13-30(16-17-6-7-17)21(27)14-18-8-9-19(31)23(34-24)22(18)28;1-23(2,29)18-13-24-8-9-26(18,30-3)22-25(24)10-11-27(14-15-4-5-15)19(24)12-16-6-7-17(28)21(31-22)20(16)25;2*1-5-8-22(2,28)17-14-23-9-10-25(17,29-4)21-24(23)11-12-26(3)18(23)13-15-6-7-16(27)20(30-21)19(15)24;1-18-7-6-17-10-3-5-13(20)16(17)21-15-12(19)4-2-9(14(15)17)8-11(10)18/h8-9,17,20-21,24,31-32H,6-7,10-16H2,1-5H3;6-7,15,18-19,22,28-29H,4-5,8-14H2,1-3H3;6-7,17-18,21,27-28H,5,8-14H2,1-4H3;6-7,9-10,17-18,21,27-28H,5,8,11-14H2,1-4H3;2-5,10-11,16,19H,6-8H2,1H3/t20-,21-,24-,26+,27-,28+,29-;18-,19?,22-,24-,25+,26-;17-,18-,21-,22-,23-,24+,25+;17-,18-,21-,22?,23-,24+,25-;10-,11+,16-,17-/m11110/s1. The minimum Gasteiger partial charge on any atom is -0.504 e. The van der Waals surface area contributed by atoms with Crippen LogP contribution >= 0.6 is 0 Å². The van der Waals surface area contributed by atoms with Crippen LogP contribution in [0.4, 0.5) is 0 Å². The van der Waals surface area contributed by atoms with Crippen molar-refractivity contribution in [3.63, 3.8) is 0 Å². The molecule has 31 atom stereocenters. The molecule has 0 radical (unpaired) electrons. The molecule has 5 saturated heterocycles. The Morgan fingerprint density at radius 1 is 0.397 bits per heavy atom. The molecule has 20 aliphatic carbocycles. The number of fused-ring (bicyclic) bond motifs is 7. The number of nitrogens with zero attached hydrogens (tertiary/aromatic N) is 5. The van der Waals surface area contributed by atoms with E-state index in [4.69, 9.17) is 42.6 Å². The van der Waals surface area contributed by atoms with Crippen molar-refractivity contribution < 1.29 is 93.4 Å².